The van der Waals surface area contributed by atoms with E-state index < -0.39 is 0 Å². The predicted octanol–water partition coefficient (Wildman–Crippen LogP) is 0.950. The smallest absolute Gasteiger partial charge is 0.233 e. The lowest BCUT2D eigenvalue weighted by Crippen LogP contribution is -2.33. The highest BCUT2D eigenvalue weighted by atomic mass is 16.1. The molecular weight excluding hydrogens is 228 g/mol. The maximum absolute atomic E-state index is 11.4. The molecule has 5 heteroatoms. The van der Waals surface area contributed by atoms with Crippen molar-refractivity contribution in [1.29, 1.82) is 0 Å². The van der Waals surface area contributed by atoms with Gasteiger partial charge in [-0.3, -0.25) is 4.79 Å². The second-order valence-corrected chi connectivity index (χ2v) is 4.15. The number of fused-ring (bicyclic) bond motifs is 1. The minimum absolute atomic E-state index is 0.0283. The fourth-order valence-electron chi connectivity index (χ4n) is 1.70. The number of hydrogen-bond acceptors (Lipinski definition) is 3. The SMILES string of the molecule is CCCNC(=O)CNCc1cn2ccccc2n1. The maximum Gasteiger partial charge on any atom is 0.233 e. The molecule has 2 aromatic heterocycles. The number of amides is 1. The number of nitrogens with zero attached hydrogens (tertiary/aromatic N) is 2. The first-order valence-corrected chi connectivity index (χ1v) is 6.19. The summed E-state index contributed by atoms with van der Waals surface area (Å²) < 4.78 is 1.97. The lowest BCUT2D eigenvalue weighted by atomic mass is 10.4. The summed E-state index contributed by atoms with van der Waals surface area (Å²) in [7, 11) is 0. The summed E-state index contributed by atoms with van der Waals surface area (Å²) in [5.41, 5.74) is 1.86. The number of imidazole rings is 1. The van der Waals surface area contributed by atoms with Gasteiger partial charge in [0.05, 0.1) is 12.2 Å². The van der Waals surface area contributed by atoms with Gasteiger partial charge in [-0.25, -0.2) is 4.98 Å². The van der Waals surface area contributed by atoms with Crippen LogP contribution in [0.4, 0.5) is 0 Å². The molecule has 0 spiro atoms. The quantitative estimate of drug-likeness (QED) is 0.798. The van der Waals surface area contributed by atoms with Crippen molar-refractivity contribution >= 4 is 11.6 Å². The van der Waals surface area contributed by atoms with Gasteiger partial charge in [0.2, 0.25) is 5.91 Å². The molecule has 1 amide bonds. The molecule has 2 heterocycles. The van der Waals surface area contributed by atoms with Gasteiger partial charge in [0.15, 0.2) is 0 Å². The second-order valence-electron chi connectivity index (χ2n) is 4.15. The average molecular weight is 246 g/mol. The van der Waals surface area contributed by atoms with Crippen LogP contribution in [0.1, 0.15) is 19.0 Å². The van der Waals surface area contributed by atoms with E-state index >= 15 is 0 Å². The molecule has 0 aliphatic carbocycles. The average Bonchev–Trinajstić information content (AvgIpc) is 2.79. The maximum atomic E-state index is 11.4. The van der Waals surface area contributed by atoms with Crippen LogP contribution in [0.25, 0.3) is 5.65 Å². The fraction of sp³-hybridized carbons (Fsp3) is 0.385. The monoisotopic (exact) mass is 246 g/mol. The van der Waals surface area contributed by atoms with Crippen molar-refractivity contribution < 1.29 is 4.79 Å². The zero-order valence-corrected chi connectivity index (χ0v) is 10.5. The third-order valence-corrected chi connectivity index (χ3v) is 2.58. The van der Waals surface area contributed by atoms with Crippen molar-refractivity contribution in [2.75, 3.05) is 13.1 Å². The summed E-state index contributed by atoms with van der Waals surface area (Å²) in [5, 5.41) is 5.90. The van der Waals surface area contributed by atoms with Crippen LogP contribution in [-0.4, -0.2) is 28.4 Å². The molecule has 96 valence electrons. The van der Waals surface area contributed by atoms with Gasteiger partial charge in [0, 0.05) is 25.5 Å². The number of rotatable bonds is 6. The van der Waals surface area contributed by atoms with Gasteiger partial charge < -0.3 is 15.0 Å². The Hall–Kier alpha value is -1.88. The molecule has 18 heavy (non-hydrogen) atoms. The summed E-state index contributed by atoms with van der Waals surface area (Å²) in [6.45, 7) is 3.69. The zero-order chi connectivity index (χ0) is 12.8. The van der Waals surface area contributed by atoms with E-state index in [1.807, 2.05) is 41.9 Å². The highest BCUT2D eigenvalue weighted by Gasteiger charge is 2.02. The van der Waals surface area contributed by atoms with Crippen LogP contribution in [-0.2, 0) is 11.3 Å². The first-order chi connectivity index (χ1) is 8.79. The van der Waals surface area contributed by atoms with Crippen molar-refractivity contribution in [2.24, 2.45) is 0 Å². The molecule has 2 N–H and O–H groups in total. The standard InChI is InChI=1S/C13H18N4O/c1-2-6-15-13(18)9-14-8-11-10-17-7-4-3-5-12(17)16-11/h3-5,7,10,14H,2,6,8-9H2,1H3,(H,15,18). The molecule has 0 unspecified atom stereocenters. The number of pyridine rings is 1. The van der Waals surface area contributed by atoms with E-state index in [0.717, 1.165) is 24.3 Å². The van der Waals surface area contributed by atoms with Gasteiger partial charge in [0.1, 0.15) is 5.65 Å². The van der Waals surface area contributed by atoms with E-state index in [1.165, 1.54) is 0 Å². The molecular formula is C13H18N4O. The van der Waals surface area contributed by atoms with E-state index in [0.29, 0.717) is 13.1 Å². The molecule has 0 atom stereocenters. The van der Waals surface area contributed by atoms with Crippen LogP contribution in [0.2, 0.25) is 0 Å². The van der Waals surface area contributed by atoms with Crippen LogP contribution in [0.3, 0.4) is 0 Å². The lowest BCUT2D eigenvalue weighted by molar-refractivity contribution is -0.120. The van der Waals surface area contributed by atoms with Crippen LogP contribution >= 0.6 is 0 Å². The van der Waals surface area contributed by atoms with E-state index in [-0.39, 0.29) is 5.91 Å². The van der Waals surface area contributed by atoms with Crippen LogP contribution in [0.15, 0.2) is 30.6 Å². The summed E-state index contributed by atoms with van der Waals surface area (Å²) in [6, 6.07) is 5.87. The molecule has 0 saturated heterocycles. The molecule has 0 aliphatic rings. The molecule has 2 aromatic rings. The van der Waals surface area contributed by atoms with Crippen molar-refractivity contribution in [1.82, 2.24) is 20.0 Å². The van der Waals surface area contributed by atoms with Gasteiger partial charge >= 0.3 is 0 Å². The van der Waals surface area contributed by atoms with Gasteiger partial charge in [0.25, 0.3) is 0 Å². The van der Waals surface area contributed by atoms with Gasteiger partial charge in [-0.2, -0.15) is 0 Å². The summed E-state index contributed by atoms with van der Waals surface area (Å²) in [6.07, 6.45) is 4.88. The molecule has 0 bridgehead atoms. The summed E-state index contributed by atoms with van der Waals surface area (Å²) in [4.78, 5) is 15.8. The summed E-state index contributed by atoms with van der Waals surface area (Å²) in [5.74, 6) is 0.0283. The Morgan fingerprint density at radius 2 is 2.33 bits per heavy atom. The molecule has 5 nitrogen and oxygen atoms in total. The Labute approximate surface area is 106 Å². The van der Waals surface area contributed by atoms with Gasteiger partial charge in [-0.15, -0.1) is 0 Å². The van der Waals surface area contributed by atoms with E-state index in [1.54, 1.807) is 0 Å². The Balaban J connectivity index is 1.81. The Kier molecular flexibility index (Phi) is 4.30. The third kappa shape index (κ3) is 3.30. The molecule has 0 aromatic carbocycles. The number of nitrogens with one attached hydrogen (secondary N) is 2. The normalized spacial score (nSPS) is 10.7. The number of carbonyl (C=O) groups excluding carboxylic acids is 1. The Morgan fingerprint density at radius 3 is 3.11 bits per heavy atom. The van der Waals surface area contributed by atoms with E-state index in [2.05, 4.69) is 15.6 Å². The highest BCUT2D eigenvalue weighted by molar-refractivity contribution is 5.77. The minimum Gasteiger partial charge on any atom is -0.355 e. The van der Waals surface area contributed by atoms with Crippen molar-refractivity contribution in [3.05, 3.63) is 36.3 Å². The zero-order valence-electron chi connectivity index (χ0n) is 10.5. The van der Waals surface area contributed by atoms with Crippen LogP contribution in [0, 0.1) is 0 Å². The highest BCUT2D eigenvalue weighted by Crippen LogP contribution is 2.03. The minimum atomic E-state index is 0.0283. The second kappa shape index (κ2) is 6.16. The first kappa shape index (κ1) is 12.6. The molecule has 2 rings (SSSR count). The van der Waals surface area contributed by atoms with Crippen molar-refractivity contribution in [2.45, 2.75) is 19.9 Å². The first-order valence-electron chi connectivity index (χ1n) is 6.19. The molecule has 0 fully saturated rings. The largest absolute Gasteiger partial charge is 0.355 e. The summed E-state index contributed by atoms with van der Waals surface area (Å²) >= 11 is 0. The van der Waals surface area contributed by atoms with Crippen LogP contribution in [0.5, 0.6) is 0 Å². The predicted molar refractivity (Wildman–Crippen MR) is 70.2 cm³/mol. The fourth-order valence-corrected chi connectivity index (χ4v) is 1.70. The Bertz CT molecular complexity index is 487. The van der Waals surface area contributed by atoms with E-state index in [4.69, 9.17) is 0 Å². The van der Waals surface area contributed by atoms with Crippen molar-refractivity contribution in [3.8, 4) is 0 Å². The van der Waals surface area contributed by atoms with E-state index in [9.17, 15) is 4.79 Å². The topological polar surface area (TPSA) is 58.4 Å². The van der Waals surface area contributed by atoms with Crippen LogP contribution < -0.4 is 10.6 Å². The molecule has 0 aliphatic heterocycles. The number of hydrogen-bond donors (Lipinski definition) is 2. The van der Waals surface area contributed by atoms with Gasteiger partial charge in [-0.1, -0.05) is 13.0 Å². The molecule has 0 saturated carbocycles. The third-order valence-electron chi connectivity index (χ3n) is 2.58. The Morgan fingerprint density at radius 1 is 1.44 bits per heavy atom. The lowest BCUT2D eigenvalue weighted by Gasteiger charge is -2.03. The molecule has 0 radical (unpaired) electrons. The number of carbonyl (C=O) groups is 1. The van der Waals surface area contributed by atoms with Gasteiger partial charge in [-0.05, 0) is 18.6 Å². The van der Waals surface area contributed by atoms with Crippen molar-refractivity contribution in [3.63, 3.8) is 0 Å². The number of aromatic nitrogens is 2.